The van der Waals surface area contributed by atoms with Crippen molar-refractivity contribution in [2.24, 2.45) is 5.92 Å². The van der Waals surface area contributed by atoms with Crippen LogP contribution in [-0.4, -0.2) is 70.2 Å². The summed E-state index contributed by atoms with van der Waals surface area (Å²) in [6, 6.07) is 2.07. The molecule has 0 radical (unpaired) electrons. The lowest BCUT2D eigenvalue weighted by molar-refractivity contribution is -0.118. The molecule has 0 bridgehead atoms. The number of likely N-dealkylation sites (tertiary alicyclic amines) is 1. The fraction of sp³-hybridized carbons (Fsp3) is 0.500. The Morgan fingerprint density at radius 1 is 1.21 bits per heavy atom. The van der Waals surface area contributed by atoms with Gasteiger partial charge in [0.05, 0.1) is 12.7 Å². The van der Waals surface area contributed by atoms with Gasteiger partial charge < -0.3 is 19.7 Å². The zero-order chi connectivity index (χ0) is 22.6. The van der Waals surface area contributed by atoms with Gasteiger partial charge in [0.25, 0.3) is 11.8 Å². The Hall–Kier alpha value is -2.98. The summed E-state index contributed by atoms with van der Waals surface area (Å²) in [4.78, 5) is 41.0. The highest BCUT2D eigenvalue weighted by Gasteiger charge is 2.48. The van der Waals surface area contributed by atoms with Crippen molar-refractivity contribution < 1.29 is 19.1 Å². The van der Waals surface area contributed by atoms with Gasteiger partial charge in [-0.3, -0.25) is 9.69 Å². The minimum atomic E-state index is -0.531. The number of carbonyl (C=O) groups is 2. The first-order valence-electron chi connectivity index (χ1n) is 11.1. The molecule has 1 aliphatic carbocycles. The predicted octanol–water partition coefficient (Wildman–Crippen LogP) is 2.06. The van der Waals surface area contributed by atoms with Crippen LogP contribution in [0, 0.1) is 5.92 Å². The highest BCUT2D eigenvalue weighted by molar-refractivity contribution is 6.30. The number of pyridine rings is 1. The summed E-state index contributed by atoms with van der Waals surface area (Å²) >= 11 is 6.27. The van der Waals surface area contributed by atoms with E-state index in [4.69, 9.17) is 21.1 Å². The molecule has 2 aromatic rings. The Labute approximate surface area is 195 Å². The van der Waals surface area contributed by atoms with E-state index in [-0.39, 0.29) is 24.2 Å². The smallest absolute Gasteiger partial charge is 0.416 e. The molecule has 172 valence electrons. The van der Waals surface area contributed by atoms with Crippen LogP contribution in [0.5, 0.6) is 5.88 Å². The lowest BCUT2D eigenvalue weighted by Gasteiger charge is -2.38. The van der Waals surface area contributed by atoms with Crippen LogP contribution < -0.4 is 15.0 Å². The number of hydrogen-bond acceptors (Lipinski definition) is 8. The largest absolute Gasteiger partial charge is 0.465 e. The second-order valence-electron chi connectivity index (χ2n) is 9.17. The topological polar surface area (TPSA) is 110 Å². The van der Waals surface area contributed by atoms with E-state index in [1.165, 1.54) is 22.2 Å². The fourth-order valence-corrected chi connectivity index (χ4v) is 5.52. The van der Waals surface area contributed by atoms with Crippen LogP contribution in [0.1, 0.15) is 24.0 Å². The standard InChI is InChI=1S/C22H23ClN6O4/c23-18-15-8-13(7-14(15)1-4-24-18)10-28-5-2-22(3-6-28)12-29(21(31)33-22)16-9-25-20-19(26-16)27-17(30)11-32-20/h1,4,9,13H,2-3,5-8,10-12H2,(H,26,27,30). The molecular formula is C22H23ClN6O4. The van der Waals surface area contributed by atoms with Gasteiger partial charge in [-0.1, -0.05) is 11.6 Å². The summed E-state index contributed by atoms with van der Waals surface area (Å²) in [5.41, 5.74) is 1.96. The first-order chi connectivity index (χ1) is 16.0. The molecule has 10 nitrogen and oxygen atoms in total. The molecular weight excluding hydrogens is 448 g/mol. The Bertz CT molecular complexity index is 1140. The Balaban J connectivity index is 1.08. The van der Waals surface area contributed by atoms with E-state index in [1.807, 2.05) is 0 Å². The predicted molar refractivity (Wildman–Crippen MR) is 119 cm³/mol. The summed E-state index contributed by atoms with van der Waals surface area (Å²) in [6.45, 7) is 3.04. The van der Waals surface area contributed by atoms with Crippen LogP contribution in [0.4, 0.5) is 16.4 Å². The first-order valence-corrected chi connectivity index (χ1v) is 11.5. The van der Waals surface area contributed by atoms with Crippen LogP contribution in [0.2, 0.25) is 5.15 Å². The number of nitrogens with one attached hydrogen (secondary N) is 1. The minimum absolute atomic E-state index is 0.0940. The van der Waals surface area contributed by atoms with Gasteiger partial charge in [0.1, 0.15) is 10.8 Å². The number of halogens is 1. The molecule has 3 aliphatic heterocycles. The molecule has 1 spiro atoms. The maximum Gasteiger partial charge on any atom is 0.416 e. The van der Waals surface area contributed by atoms with Gasteiger partial charge in [0.15, 0.2) is 18.2 Å². The second-order valence-corrected chi connectivity index (χ2v) is 9.53. The third-order valence-electron chi connectivity index (χ3n) is 6.96. The fourth-order valence-electron chi connectivity index (χ4n) is 5.27. The summed E-state index contributed by atoms with van der Waals surface area (Å²) in [6.07, 6.45) is 6.33. The molecule has 1 N–H and O–H groups in total. The lowest BCUT2D eigenvalue weighted by atomic mass is 9.90. The van der Waals surface area contributed by atoms with Crippen LogP contribution in [0.15, 0.2) is 18.5 Å². The number of rotatable bonds is 3. The summed E-state index contributed by atoms with van der Waals surface area (Å²) < 4.78 is 11.1. The Morgan fingerprint density at radius 2 is 2.06 bits per heavy atom. The number of nitrogens with zero attached hydrogens (tertiary/aromatic N) is 5. The van der Waals surface area contributed by atoms with E-state index in [9.17, 15) is 9.59 Å². The van der Waals surface area contributed by atoms with Crippen LogP contribution in [-0.2, 0) is 22.4 Å². The van der Waals surface area contributed by atoms with Crippen LogP contribution >= 0.6 is 11.6 Å². The van der Waals surface area contributed by atoms with E-state index in [0.29, 0.717) is 23.4 Å². The molecule has 4 aliphatic rings. The summed E-state index contributed by atoms with van der Waals surface area (Å²) in [5, 5.41) is 3.25. The second kappa shape index (κ2) is 7.81. The normalized spacial score (nSPS) is 23.7. The van der Waals surface area contributed by atoms with Gasteiger partial charge in [-0.25, -0.2) is 19.7 Å². The van der Waals surface area contributed by atoms with Crippen molar-refractivity contribution in [2.45, 2.75) is 31.3 Å². The number of hydrogen-bond donors (Lipinski definition) is 1. The quantitative estimate of drug-likeness (QED) is 0.679. The van der Waals surface area contributed by atoms with Crippen molar-refractivity contribution in [1.82, 2.24) is 19.9 Å². The van der Waals surface area contributed by atoms with Crippen molar-refractivity contribution in [3.63, 3.8) is 0 Å². The number of amides is 2. The molecule has 1 atom stereocenters. The van der Waals surface area contributed by atoms with E-state index < -0.39 is 11.7 Å². The molecule has 5 heterocycles. The molecule has 2 saturated heterocycles. The number of fused-ring (bicyclic) bond motifs is 2. The van der Waals surface area contributed by atoms with Crippen molar-refractivity contribution in [1.29, 1.82) is 0 Å². The number of aromatic nitrogens is 3. The van der Waals surface area contributed by atoms with Crippen LogP contribution in [0.3, 0.4) is 0 Å². The number of piperidine rings is 1. The van der Waals surface area contributed by atoms with Gasteiger partial charge >= 0.3 is 6.09 Å². The van der Waals surface area contributed by atoms with Crippen molar-refractivity contribution in [3.8, 4) is 5.88 Å². The third kappa shape index (κ3) is 3.76. The van der Waals surface area contributed by atoms with E-state index >= 15 is 0 Å². The molecule has 2 amide bonds. The molecule has 6 rings (SSSR count). The Kier molecular flexibility index (Phi) is 4.88. The van der Waals surface area contributed by atoms with E-state index in [1.54, 1.807) is 6.20 Å². The molecule has 33 heavy (non-hydrogen) atoms. The molecule has 2 fully saturated rings. The van der Waals surface area contributed by atoms with Gasteiger partial charge in [-0.2, -0.15) is 0 Å². The summed E-state index contributed by atoms with van der Waals surface area (Å²) in [5.74, 6) is 1.05. The van der Waals surface area contributed by atoms with Crippen LogP contribution in [0.25, 0.3) is 0 Å². The van der Waals surface area contributed by atoms with E-state index in [0.717, 1.165) is 45.3 Å². The Morgan fingerprint density at radius 3 is 2.88 bits per heavy atom. The summed E-state index contributed by atoms with van der Waals surface area (Å²) in [7, 11) is 0. The van der Waals surface area contributed by atoms with E-state index in [2.05, 4.69) is 31.2 Å². The lowest BCUT2D eigenvalue weighted by Crippen LogP contribution is -2.48. The number of carbonyl (C=O) groups excluding carboxylic acids is 2. The number of anilines is 2. The van der Waals surface area contributed by atoms with Crippen molar-refractivity contribution in [3.05, 3.63) is 34.7 Å². The van der Waals surface area contributed by atoms with Gasteiger partial charge in [-0.15, -0.1) is 0 Å². The highest BCUT2D eigenvalue weighted by atomic mass is 35.5. The number of ether oxygens (including phenoxy) is 2. The van der Waals surface area contributed by atoms with Crippen molar-refractivity contribution >= 4 is 35.2 Å². The first kappa shape index (κ1) is 20.6. The van der Waals surface area contributed by atoms with Gasteiger partial charge in [0.2, 0.25) is 0 Å². The van der Waals surface area contributed by atoms with Crippen molar-refractivity contribution in [2.75, 3.05) is 43.0 Å². The average molecular weight is 471 g/mol. The molecule has 0 aromatic carbocycles. The molecule has 0 saturated carbocycles. The van der Waals surface area contributed by atoms with Gasteiger partial charge in [-0.05, 0) is 36.0 Å². The highest BCUT2D eigenvalue weighted by Crippen LogP contribution is 2.37. The zero-order valence-corrected chi connectivity index (χ0v) is 18.7. The zero-order valence-electron chi connectivity index (χ0n) is 17.9. The average Bonchev–Trinajstić information content (AvgIpc) is 3.36. The molecule has 11 heteroatoms. The molecule has 2 aromatic heterocycles. The SMILES string of the molecule is O=C1COc2ncc(N3CC4(CCN(CC5Cc6ccnc(Cl)c6C5)CC4)OC3=O)nc2N1. The monoisotopic (exact) mass is 470 g/mol. The maximum atomic E-state index is 12.7. The van der Waals surface area contributed by atoms with Gasteiger partial charge in [0, 0.05) is 38.7 Å². The minimum Gasteiger partial charge on any atom is -0.465 e. The molecule has 1 unspecified atom stereocenters. The third-order valence-corrected chi connectivity index (χ3v) is 7.28. The maximum absolute atomic E-state index is 12.7.